The first-order valence-corrected chi connectivity index (χ1v) is 8.63. The van der Waals surface area contributed by atoms with Crippen LogP contribution in [0.4, 0.5) is 5.69 Å². The van der Waals surface area contributed by atoms with E-state index in [9.17, 15) is 9.59 Å². The number of carbonyl (C=O) groups is 2. The Morgan fingerprint density at radius 3 is 2.32 bits per heavy atom. The van der Waals surface area contributed by atoms with Gasteiger partial charge in [-0.15, -0.1) is 0 Å². The SMILES string of the molecule is NC1=NC(=O)C(CC(=O)Nc2ccc(Oc3ccc(Cl)cc3)cc2)S1. The number of amides is 2. The maximum Gasteiger partial charge on any atom is 0.262 e. The molecule has 1 heterocycles. The molecule has 1 unspecified atom stereocenters. The number of benzene rings is 2. The number of hydrogen-bond acceptors (Lipinski definition) is 5. The quantitative estimate of drug-likeness (QED) is 0.835. The lowest BCUT2D eigenvalue weighted by molar-refractivity contribution is -0.121. The molecule has 1 atom stereocenters. The van der Waals surface area contributed by atoms with Crippen LogP contribution in [0.1, 0.15) is 6.42 Å². The van der Waals surface area contributed by atoms with Crippen LogP contribution in [-0.4, -0.2) is 22.2 Å². The van der Waals surface area contributed by atoms with Crippen molar-refractivity contribution in [3.8, 4) is 11.5 Å². The fourth-order valence-electron chi connectivity index (χ4n) is 2.16. The van der Waals surface area contributed by atoms with E-state index in [2.05, 4.69) is 10.3 Å². The van der Waals surface area contributed by atoms with Gasteiger partial charge in [0.05, 0.1) is 0 Å². The molecule has 0 aromatic heterocycles. The normalized spacial score (nSPS) is 16.4. The van der Waals surface area contributed by atoms with Crippen molar-refractivity contribution >= 4 is 46.0 Å². The second-order valence-electron chi connectivity index (χ2n) is 5.23. The molecule has 0 radical (unpaired) electrons. The molecule has 25 heavy (non-hydrogen) atoms. The van der Waals surface area contributed by atoms with Crippen molar-refractivity contribution in [2.24, 2.45) is 10.7 Å². The molecule has 1 aliphatic heterocycles. The number of hydrogen-bond donors (Lipinski definition) is 2. The molecule has 2 aromatic carbocycles. The summed E-state index contributed by atoms with van der Waals surface area (Å²) in [7, 11) is 0. The summed E-state index contributed by atoms with van der Waals surface area (Å²) in [5.41, 5.74) is 6.08. The fourth-order valence-corrected chi connectivity index (χ4v) is 3.11. The van der Waals surface area contributed by atoms with Gasteiger partial charge in [-0.3, -0.25) is 9.59 Å². The van der Waals surface area contributed by atoms with Crippen molar-refractivity contribution < 1.29 is 14.3 Å². The summed E-state index contributed by atoms with van der Waals surface area (Å²) < 4.78 is 5.68. The highest BCUT2D eigenvalue weighted by molar-refractivity contribution is 8.15. The van der Waals surface area contributed by atoms with Gasteiger partial charge in [-0.1, -0.05) is 23.4 Å². The maximum absolute atomic E-state index is 12.0. The lowest BCUT2D eigenvalue weighted by Gasteiger charge is -2.09. The van der Waals surface area contributed by atoms with E-state index in [1.54, 1.807) is 48.5 Å². The average molecular weight is 376 g/mol. The van der Waals surface area contributed by atoms with Crippen LogP contribution in [0.2, 0.25) is 5.02 Å². The van der Waals surface area contributed by atoms with Gasteiger partial charge in [-0.05, 0) is 48.5 Å². The number of nitrogens with zero attached hydrogens (tertiary/aromatic N) is 1. The largest absolute Gasteiger partial charge is 0.457 e. The summed E-state index contributed by atoms with van der Waals surface area (Å²) in [6, 6.07) is 13.9. The highest BCUT2D eigenvalue weighted by Crippen LogP contribution is 2.25. The van der Waals surface area contributed by atoms with Gasteiger partial charge in [0.2, 0.25) is 5.91 Å². The van der Waals surface area contributed by atoms with Crippen LogP contribution >= 0.6 is 23.4 Å². The van der Waals surface area contributed by atoms with E-state index >= 15 is 0 Å². The van der Waals surface area contributed by atoms with E-state index in [0.717, 1.165) is 11.8 Å². The lowest BCUT2D eigenvalue weighted by Crippen LogP contribution is -2.21. The highest BCUT2D eigenvalue weighted by atomic mass is 35.5. The number of halogens is 1. The van der Waals surface area contributed by atoms with Crippen LogP contribution in [0.5, 0.6) is 11.5 Å². The summed E-state index contributed by atoms with van der Waals surface area (Å²) >= 11 is 6.93. The first-order chi connectivity index (χ1) is 12.0. The van der Waals surface area contributed by atoms with E-state index in [1.807, 2.05) is 0 Å². The average Bonchev–Trinajstić information content (AvgIpc) is 2.89. The van der Waals surface area contributed by atoms with Gasteiger partial charge in [0, 0.05) is 17.1 Å². The Balaban J connectivity index is 1.54. The molecule has 1 aliphatic rings. The van der Waals surface area contributed by atoms with Crippen LogP contribution in [-0.2, 0) is 9.59 Å². The van der Waals surface area contributed by atoms with E-state index < -0.39 is 5.25 Å². The Labute approximate surface area is 153 Å². The van der Waals surface area contributed by atoms with Gasteiger partial charge >= 0.3 is 0 Å². The molecular formula is C17H14ClN3O3S. The Kier molecular flexibility index (Phi) is 5.25. The number of carbonyl (C=O) groups excluding carboxylic acids is 2. The van der Waals surface area contributed by atoms with E-state index in [-0.39, 0.29) is 23.4 Å². The molecule has 2 amide bonds. The first-order valence-electron chi connectivity index (χ1n) is 7.37. The highest BCUT2D eigenvalue weighted by Gasteiger charge is 2.29. The lowest BCUT2D eigenvalue weighted by atomic mass is 10.2. The Hall–Kier alpha value is -2.51. The predicted molar refractivity (Wildman–Crippen MR) is 99.2 cm³/mol. The number of nitrogens with two attached hydrogens (primary N) is 1. The van der Waals surface area contributed by atoms with Crippen molar-refractivity contribution in [3.63, 3.8) is 0 Å². The molecule has 0 aliphatic carbocycles. The zero-order chi connectivity index (χ0) is 17.8. The molecule has 0 saturated carbocycles. The predicted octanol–water partition coefficient (Wildman–Crippen LogP) is 3.42. The van der Waals surface area contributed by atoms with Crippen LogP contribution in [0.15, 0.2) is 53.5 Å². The molecular weight excluding hydrogens is 362 g/mol. The van der Waals surface area contributed by atoms with Gasteiger partial charge in [0.15, 0.2) is 5.17 Å². The van der Waals surface area contributed by atoms with Crippen molar-refractivity contribution in [3.05, 3.63) is 53.6 Å². The number of ether oxygens (including phenoxy) is 1. The Morgan fingerprint density at radius 1 is 1.16 bits per heavy atom. The van der Waals surface area contributed by atoms with Crippen LogP contribution in [0, 0.1) is 0 Å². The standard InChI is InChI=1S/C17H14ClN3O3S/c18-10-1-5-12(6-2-10)24-13-7-3-11(4-8-13)20-15(22)9-14-16(23)21-17(19)25-14/h1-8,14H,9H2,(H,20,22)(H2,19,21,23). The van der Waals surface area contributed by atoms with E-state index in [0.29, 0.717) is 22.2 Å². The van der Waals surface area contributed by atoms with Crippen LogP contribution in [0.3, 0.4) is 0 Å². The first kappa shape index (κ1) is 17.3. The van der Waals surface area contributed by atoms with Crippen molar-refractivity contribution in [2.75, 3.05) is 5.32 Å². The Morgan fingerprint density at radius 2 is 1.76 bits per heavy atom. The van der Waals surface area contributed by atoms with Crippen LogP contribution in [0.25, 0.3) is 0 Å². The minimum absolute atomic E-state index is 0.0245. The molecule has 2 aromatic rings. The third-order valence-electron chi connectivity index (χ3n) is 3.32. The van der Waals surface area contributed by atoms with Crippen LogP contribution < -0.4 is 15.8 Å². The van der Waals surface area contributed by atoms with Gasteiger partial charge in [0.1, 0.15) is 16.7 Å². The summed E-state index contributed by atoms with van der Waals surface area (Å²) in [6.07, 6.45) is 0.0245. The summed E-state index contributed by atoms with van der Waals surface area (Å²) in [5, 5.41) is 3.02. The summed E-state index contributed by atoms with van der Waals surface area (Å²) in [5.74, 6) is 0.644. The monoisotopic (exact) mass is 375 g/mol. The molecule has 0 bridgehead atoms. The third-order valence-corrected chi connectivity index (χ3v) is 4.55. The van der Waals surface area contributed by atoms with E-state index in [1.165, 1.54) is 0 Å². The maximum atomic E-state index is 12.0. The van der Waals surface area contributed by atoms with Gasteiger partial charge < -0.3 is 15.8 Å². The molecule has 0 spiro atoms. The summed E-state index contributed by atoms with van der Waals surface area (Å²) in [6.45, 7) is 0. The van der Waals surface area contributed by atoms with Gasteiger partial charge in [0.25, 0.3) is 5.91 Å². The second-order valence-corrected chi connectivity index (χ2v) is 6.89. The number of aliphatic imine (C=N–C) groups is 1. The minimum Gasteiger partial charge on any atom is -0.457 e. The zero-order valence-corrected chi connectivity index (χ0v) is 14.5. The fraction of sp³-hybridized carbons (Fsp3) is 0.118. The molecule has 128 valence electrons. The molecule has 0 fully saturated rings. The van der Waals surface area contributed by atoms with E-state index in [4.69, 9.17) is 22.1 Å². The topological polar surface area (TPSA) is 93.8 Å². The number of rotatable bonds is 5. The van der Waals surface area contributed by atoms with Crippen molar-refractivity contribution in [2.45, 2.75) is 11.7 Å². The number of thioether (sulfide) groups is 1. The molecule has 3 N–H and O–H groups in total. The number of amidine groups is 1. The molecule has 8 heteroatoms. The number of anilines is 1. The minimum atomic E-state index is -0.549. The smallest absolute Gasteiger partial charge is 0.262 e. The van der Waals surface area contributed by atoms with Crippen molar-refractivity contribution in [1.29, 1.82) is 0 Å². The number of nitrogens with one attached hydrogen (secondary N) is 1. The molecule has 3 rings (SSSR count). The zero-order valence-electron chi connectivity index (χ0n) is 12.9. The molecule has 0 saturated heterocycles. The second kappa shape index (κ2) is 7.58. The van der Waals surface area contributed by atoms with Crippen molar-refractivity contribution in [1.82, 2.24) is 0 Å². The van der Waals surface area contributed by atoms with Gasteiger partial charge in [-0.2, -0.15) is 4.99 Å². The Bertz CT molecular complexity index is 822. The molecule has 6 nitrogen and oxygen atoms in total. The van der Waals surface area contributed by atoms with Gasteiger partial charge in [-0.25, -0.2) is 0 Å². The summed E-state index contributed by atoms with van der Waals surface area (Å²) in [4.78, 5) is 27.1. The third kappa shape index (κ3) is 4.74.